The average Bonchev–Trinajstić information content (AvgIpc) is 2.85. The summed E-state index contributed by atoms with van der Waals surface area (Å²) in [5, 5.41) is 0. The molecular weight excluding hydrogens is 172 g/mol. The van der Waals surface area contributed by atoms with Crippen LogP contribution < -0.4 is 5.73 Å². The minimum Gasteiger partial charge on any atom is -0.324 e. The number of likely N-dealkylation sites (N-methyl/N-ethyl adjacent to an activating group) is 1. The van der Waals surface area contributed by atoms with Crippen molar-refractivity contribution in [2.24, 2.45) is 11.7 Å². The highest BCUT2D eigenvalue weighted by Gasteiger charge is 2.38. The van der Waals surface area contributed by atoms with E-state index in [0.717, 1.165) is 12.5 Å². The van der Waals surface area contributed by atoms with Crippen LogP contribution >= 0.6 is 0 Å². The second-order valence-electron chi connectivity index (χ2n) is 5.22. The number of rotatable bonds is 7. The van der Waals surface area contributed by atoms with Crippen LogP contribution in [0.3, 0.4) is 0 Å². The van der Waals surface area contributed by atoms with E-state index in [1.807, 2.05) is 0 Å². The Labute approximate surface area is 88.8 Å². The highest BCUT2D eigenvalue weighted by atomic mass is 15.1. The summed E-state index contributed by atoms with van der Waals surface area (Å²) >= 11 is 0. The highest BCUT2D eigenvalue weighted by molar-refractivity contribution is 4.96. The summed E-state index contributed by atoms with van der Waals surface area (Å²) in [5.41, 5.74) is 6.34. The molecule has 0 heterocycles. The average molecular weight is 198 g/mol. The van der Waals surface area contributed by atoms with Crippen LogP contribution in [-0.4, -0.2) is 30.6 Å². The van der Waals surface area contributed by atoms with Crippen LogP contribution in [0.1, 0.15) is 46.0 Å². The molecule has 0 spiro atoms. The van der Waals surface area contributed by atoms with Gasteiger partial charge in [0.15, 0.2) is 0 Å². The first kappa shape index (κ1) is 12.0. The molecule has 2 heteroatoms. The second kappa shape index (κ2) is 5.13. The number of hydrogen-bond acceptors (Lipinski definition) is 2. The number of nitrogens with zero attached hydrogens (tertiary/aromatic N) is 1. The lowest BCUT2D eigenvalue weighted by molar-refractivity contribution is 0.235. The summed E-state index contributed by atoms with van der Waals surface area (Å²) < 4.78 is 0. The van der Waals surface area contributed by atoms with E-state index >= 15 is 0 Å². The van der Waals surface area contributed by atoms with Crippen LogP contribution in [0.15, 0.2) is 0 Å². The summed E-state index contributed by atoms with van der Waals surface area (Å²) in [6, 6.07) is 0. The van der Waals surface area contributed by atoms with Gasteiger partial charge in [-0.2, -0.15) is 0 Å². The minimum atomic E-state index is 0.0565. The predicted octanol–water partition coefficient (Wildman–Crippen LogP) is 2.24. The van der Waals surface area contributed by atoms with Crippen molar-refractivity contribution in [3.63, 3.8) is 0 Å². The van der Waals surface area contributed by atoms with Crippen molar-refractivity contribution in [1.82, 2.24) is 4.90 Å². The quantitative estimate of drug-likeness (QED) is 0.636. The predicted molar refractivity (Wildman–Crippen MR) is 62.3 cm³/mol. The molecule has 1 aliphatic carbocycles. The third kappa shape index (κ3) is 3.97. The van der Waals surface area contributed by atoms with Gasteiger partial charge in [0.2, 0.25) is 0 Å². The van der Waals surface area contributed by atoms with Crippen LogP contribution in [0.4, 0.5) is 0 Å². The molecular formula is C12H26N2. The van der Waals surface area contributed by atoms with Crippen molar-refractivity contribution < 1.29 is 0 Å². The topological polar surface area (TPSA) is 29.3 Å². The SMILES string of the molecule is CCCCCN(C)CC(C)(N)C1CC1. The lowest BCUT2D eigenvalue weighted by Gasteiger charge is -2.30. The van der Waals surface area contributed by atoms with Crippen LogP contribution in [0.25, 0.3) is 0 Å². The molecule has 0 aromatic rings. The Kier molecular flexibility index (Phi) is 4.39. The lowest BCUT2D eigenvalue weighted by atomic mass is 9.97. The molecule has 0 bridgehead atoms. The Hall–Kier alpha value is -0.0800. The smallest absolute Gasteiger partial charge is 0.0283 e. The zero-order chi connectivity index (χ0) is 10.6. The number of unbranched alkanes of at least 4 members (excludes halogenated alkanes) is 2. The van der Waals surface area contributed by atoms with Gasteiger partial charge in [0, 0.05) is 12.1 Å². The molecule has 0 aliphatic heterocycles. The monoisotopic (exact) mass is 198 g/mol. The van der Waals surface area contributed by atoms with E-state index in [9.17, 15) is 0 Å². The molecule has 1 saturated carbocycles. The molecule has 1 aliphatic rings. The van der Waals surface area contributed by atoms with Crippen molar-refractivity contribution in [2.75, 3.05) is 20.1 Å². The van der Waals surface area contributed by atoms with E-state index in [1.54, 1.807) is 0 Å². The molecule has 0 amide bonds. The fraction of sp³-hybridized carbons (Fsp3) is 1.00. The van der Waals surface area contributed by atoms with Crippen molar-refractivity contribution >= 4 is 0 Å². The van der Waals surface area contributed by atoms with Crippen LogP contribution in [-0.2, 0) is 0 Å². The van der Waals surface area contributed by atoms with Gasteiger partial charge in [-0.25, -0.2) is 0 Å². The Morgan fingerprint density at radius 1 is 1.36 bits per heavy atom. The first-order valence-corrected chi connectivity index (χ1v) is 6.03. The van der Waals surface area contributed by atoms with Crippen LogP contribution in [0, 0.1) is 5.92 Å². The maximum Gasteiger partial charge on any atom is 0.0283 e. The molecule has 0 saturated heterocycles. The van der Waals surface area contributed by atoms with Crippen LogP contribution in [0.5, 0.6) is 0 Å². The summed E-state index contributed by atoms with van der Waals surface area (Å²) in [7, 11) is 2.20. The second-order valence-corrected chi connectivity index (χ2v) is 5.22. The largest absolute Gasteiger partial charge is 0.324 e. The molecule has 0 radical (unpaired) electrons. The van der Waals surface area contributed by atoms with E-state index in [1.165, 1.54) is 38.6 Å². The molecule has 1 fully saturated rings. The number of nitrogens with two attached hydrogens (primary N) is 1. The Balaban J connectivity index is 2.14. The Morgan fingerprint density at radius 3 is 2.50 bits per heavy atom. The van der Waals surface area contributed by atoms with Crippen molar-refractivity contribution in [2.45, 2.75) is 51.5 Å². The molecule has 1 rings (SSSR count). The normalized spacial score (nSPS) is 21.2. The third-order valence-electron chi connectivity index (χ3n) is 3.26. The lowest BCUT2D eigenvalue weighted by Crippen LogP contribution is -2.48. The van der Waals surface area contributed by atoms with Gasteiger partial charge in [-0.15, -0.1) is 0 Å². The standard InChI is InChI=1S/C12H26N2/c1-4-5-6-9-14(3)10-12(2,13)11-7-8-11/h11H,4-10,13H2,1-3H3. The maximum absolute atomic E-state index is 6.29. The molecule has 0 aromatic carbocycles. The van der Waals surface area contributed by atoms with Crippen molar-refractivity contribution in [3.8, 4) is 0 Å². The van der Waals surface area contributed by atoms with Gasteiger partial charge in [0.1, 0.15) is 0 Å². The Morgan fingerprint density at radius 2 is 2.00 bits per heavy atom. The van der Waals surface area contributed by atoms with Crippen molar-refractivity contribution in [3.05, 3.63) is 0 Å². The van der Waals surface area contributed by atoms with E-state index in [0.29, 0.717) is 0 Å². The maximum atomic E-state index is 6.29. The van der Waals surface area contributed by atoms with Gasteiger partial charge in [-0.1, -0.05) is 19.8 Å². The molecule has 1 unspecified atom stereocenters. The third-order valence-corrected chi connectivity index (χ3v) is 3.26. The zero-order valence-electron chi connectivity index (χ0n) is 10.1. The van der Waals surface area contributed by atoms with Gasteiger partial charge >= 0.3 is 0 Å². The fourth-order valence-corrected chi connectivity index (χ4v) is 2.16. The van der Waals surface area contributed by atoms with Crippen molar-refractivity contribution in [1.29, 1.82) is 0 Å². The molecule has 1 atom stereocenters. The van der Waals surface area contributed by atoms with Crippen LogP contribution in [0.2, 0.25) is 0 Å². The van der Waals surface area contributed by atoms with Gasteiger partial charge in [-0.3, -0.25) is 0 Å². The summed E-state index contributed by atoms with van der Waals surface area (Å²) in [6.45, 7) is 6.72. The molecule has 2 N–H and O–H groups in total. The number of hydrogen-bond donors (Lipinski definition) is 1. The first-order valence-electron chi connectivity index (χ1n) is 6.03. The van der Waals surface area contributed by atoms with E-state index in [4.69, 9.17) is 5.73 Å². The van der Waals surface area contributed by atoms with E-state index < -0.39 is 0 Å². The summed E-state index contributed by atoms with van der Waals surface area (Å²) in [5.74, 6) is 0.788. The van der Waals surface area contributed by atoms with E-state index in [2.05, 4.69) is 25.8 Å². The van der Waals surface area contributed by atoms with E-state index in [-0.39, 0.29) is 5.54 Å². The van der Waals surface area contributed by atoms with Gasteiger partial charge in [0.05, 0.1) is 0 Å². The van der Waals surface area contributed by atoms with Gasteiger partial charge in [-0.05, 0) is 45.7 Å². The summed E-state index contributed by atoms with van der Waals surface area (Å²) in [6.07, 6.45) is 6.64. The van der Waals surface area contributed by atoms with Gasteiger partial charge in [0.25, 0.3) is 0 Å². The summed E-state index contributed by atoms with van der Waals surface area (Å²) in [4.78, 5) is 2.40. The zero-order valence-corrected chi connectivity index (χ0v) is 10.1. The van der Waals surface area contributed by atoms with Gasteiger partial charge < -0.3 is 10.6 Å². The first-order chi connectivity index (χ1) is 6.56. The highest BCUT2D eigenvalue weighted by Crippen LogP contribution is 2.38. The molecule has 2 nitrogen and oxygen atoms in total. The molecule has 14 heavy (non-hydrogen) atoms. The fourth-order valence-electron chi connectivity index (χ4n) is 2.16. The molecule has 0 aromatic heterocycles. The minimum absolute atomic E-state index is 0.0565. The Bertz CT molecular complexity index is 162. The molecule has 84 valence electrons.